The number of carbonyl (C=O) groups is 1. The third-order valence-corrected chi connectivity index (χ3v) is 2.07. The van der Waals surface area contributed by atoms with Crippen LogP contribution in [0.15, 0.2) is 25.3 Å². The minimum absolute atomic E-state index is 0.0100. The highest BCUT2D eigenvalue weighted by atomic mass is 16.5. The molecule has 7 nitrogen and oxygen atoms in total. The second-order valence-electron chi connectivity index (χ2n) is 3.57. The molecule has 1 heterocycles. The minimum Gasteiger partial charge on any atom is -0.463 e. The summed E-state index contributed by atoms with van der Waals surface area (Å²) >= 11 is 0. The Kier molecular flexibility index (Phi) is 6.74. The zero-order valence-electron chi connectivity index (χ0n) is 11.4. The molecule has 0 radical (unpaired) electrons. The number of esters is 1. The van der Waals surface area contributed by atoms with Crippen molar-refractivity contribution < 1.29 is 19.0 Å². The Morgan fingerprint density at radius 3 is 1.95 bits per heavy atom. The summed E-state index contributed by atoms with van der Waals surface area (Å²) in [4.78, 5) is 23.1. The molecule has 20 heavy (non-hydrogen) atoms. The summed E-state index contributed by atoms with van der Waals surface area (Å²) in [5.41, 5.74) is 0. The molecule has 1 rings (SSSR count). The normalized spacial score (nSPS) is 9.65. The quantitative estimate of drug-likeness (QED) is 0.385. The molecule has 0 aliphatic heterocycles. The lowest BCUT2D eigenvalue weighted by atomic mass is 10.5. The molecule has 0 saturated heterocycles. The molecule has 0 unspecified atom stereocenters. The summed E-state index contributed by atoms with van der Waals surface area (Å²) in [6.07, 6.45) is 4.66. The summed E-state index contributed by atoms with van der Waals surface area (Å²) in [5, 5.41) is 0. The molecule has 0 bridgehead atoms. The third-order valence-electron chi connectivity index (χ3n) is 2.07. The van der Waals surface area contributed by atoms with Crippen molar-refractivity contribution in [2.75, 3.05) is 20.3 Å². The fourth-order valence-corrected chi connectivity index (χ4v) is 1.12. The van der Waals surface area contributed by atoms with Gasteiger partial charge in [0.05, 0.1) is 20.3 Å². The van der Waals surface area contributed by atoms with Gasteiger partial charge in [-0.1, -0.05) is 12.2 Å². The number of carbonyl (C=O) groups excluding carboxylic acids is 1. The highest BCUT2D eigenvalue weighted by Gasteiger charge is 2.15. The molecule has 7 heteroatoms. The Hall–Kier alpha value is -2.44. The predicted molar refractivity (Wildman–Crippen MR) is 71.8 cm³/mol. The van der Waals surface area contributed by atoms with Gasteiger partial charge in [-0.3, -0.25) is 0 Å². The van der Waals surface area contributed by atoms with Gasteiger partial charge in [0, 0.05) is 0 Å². The van der Waals surface area contributed by atoms with Crippen LogP contribution < -0.4 is 9.47 Å². The topological polar surface area (TPSA) is 83.4 Å². The molecule has 0 saturated carbocycles. The van der Waals surface area contributed by atoms with Crippen LogP contribution in [0.25, 0.3) is 0 Å². The first kappa shape index (κ1) is 15.6. The van der Waals surface area contributed by atoms with Crippen LogP contribution >= 0.6 is 0 Å². The van der Waals surface area contributed by atoms with E-state index in [2.05, 4.69) is 32.8 Å². The fraction of sp³-hybridized carbons (Fsp3) is 0.385. The number of ether oxygens (including phenoxy) is 3. The summed E-state index contributed by atoms with van der Waals surface area (Å²) < 4.78 is 15.1. The number of hydrogen-bond acceptors (Lipinski definition) is 7. The Bertz CT molecular complexity index is 444. The maximum absolute atomic E-state index is 11.5. The third kappa shape index (κ3) is 5.05. The first-order valence-corrected chi connectivity index (χ1v) is 6.03. The Labute approximate surface area is 117 Å². The smallest absolute Gasteiger partial charge is 0.376 e. The molecule has 108 valence electrons. The lowest BCUT2D eigenvalue weighted by Crippen LogP contribution is -2.13. The molecule has 0 spiro atoms. The Morgan fingerprint density at radius 2 is 1.55 bits per heavy atom. The average molecular weight is 279 g/mol. The second kappa shape index (κ2) is 8.63. The van der Waals surface area contributed by atoms with Crippen LogP contribution in [0.3, 0.4) is 0 Å². The number of methoxy groups -OCH3 is 1. The lowest BCUT2D eigenvalue weighted by Gasteiger charge is -2.07. The second-order valence-corrected chi connectivity index (χ2v) is 3.57. The van der Waals surface area contributed by atoms with Crippen molar-refractivity contribution in [3.63, 3.8) is 0 Å². The molecule has 0 atom stereocenters. The van der Waals surface area contributed by atoms with Gasteiger partial charge in [-0.25, -0.2) is 4.79 Å². The number of hydrogen-bond donors (Lipinski definition) is 0. The van der Waals surface area contributed by atoms with Gasteiger partial charge in [-0.05, 0) is 12.8 Å². The molecular weight excluding hydrogens is 262 g/mol. The zero-order valence-corrected chi connectivity index (χ0v) is 11.4. The van der Waals surface area contributed by atoms with E-state index in [-0.39, 0.29) is 17.8 Å². The van der Waals surface area contributed by atoms with Crippen molar-refractivity contribution in [1.82, 2.24) is 15.0 Å². The van der Waals surface area contributed by atoms with Crippen molar-refractivity contribution in [1.29, 1.82) is 0 Å². The first-order valence-electron chi connectivity index (χ1n) is 6.03. The molecular formula is C13H17N3O4. The van der Waals surface area contributed by atoms with Gasteiger partial charge < -0.3 is 14.2 Å². The first-order chi connectivity index (χ1) is 9.71. The highest BCUT2D eigenvalue weighted by molar-refractivity contribution is 5.85. The maximum Gasteiger partial charge on any atom is 0.376 e. The number of nitrogens with zero attached hydrogens (tertiary/aromatic N) is 3. The largest absolute Gasteiger partial charge is 0.463 e. The van der Waals surface area contributed by atoms with Crippen LogP contribution in [0.4, 0.5) is 0 Å². The Balaban J connectivity index is 2.85. The molecule has 0 N–H and O–H groups in total. The standard InChI is InChI=1S/C13H17N3O4/c1-4-6-8-19-12-14-10(11(17)18-3)15-13(16-12)20-9-7-5-2/h4-5H,1-2,6-9H2,3H3. The summed E-state index contributed by atoms with van der Waals surface area (Å²) in [7, 11) is 1.24. The van der Waals surface area contributed by atoms with Crippen LogP contribution in [-0.4, -0.2) is 41.2 Å². The van der Waals surface area contributed by atoms with E-state index >= 15 is 0 Å². The van der Waals surface area contributed by atoms with Gasteiger partial charge in [-0.15, -0.1) is 18.1 Å². The van der Waals surface area contributed by atoms with Crippen LogP contribution in [0, 0.1) is 0 Å². The summed E-state index contributed by atoms with van der Waals surface area (Å²) in [5.74, 6) is -0.848. The van der Waals surface area contributed by atoms with Crippen molar-refractivity contribution >= 4 is 5.97 Å². The fourth-order valence-electron chi connectivity index (χ4n) is 1.12. The molecule has 0 aliphatic carbocycles. The van der Waals surface area contributed by atoms with Gasteiger partial charge in [0.15, 0.2) is 0 Å². The van der Waals surface area contributed by atoms with E-state index in [1.807, 2.05) is 0 Å². The van der Waals surface area contributed by atoms with Crippen molar-refractivity contribution in [3.8, 4) is 12.0 Å². The predicted octanol–water partition coefficient (Wildman–Crippen LogP) is 1.57. The van der Waals surface area contributed by atoms with E-state index in [1.54, 1.807) is 12.2 Å². The van der Waals surface area contributed by atoms with E-state index in [4.69, 9.17) is 9.47 Å². The van der Waals surface area contributed by atoms with Crippen LogP contribution in [0.5, 0.6) is 12.0 Å². The van der Waals surface area contributed by atoms with Gasteiger partial charge in [0.25, 0.3) is 0 Å². The number of rotatable bonds is 9. The average Bonchev–Trinajstić information content (AvgIpc) is 2.47. The zero-order chi connectivity index (χ0) is 14.8. The van der Waals surface area contributed by atoms with E-state index in [9.17, 15) is 4.79 Å². The van der Waals surface area contributed by atoms with Crippen LogP contribution in [-0.2, 0) is 4.74 Å². The van der Waals surface area contributed by atoms with Crippen molar-refractivity contribution in [3.05, 3.63) is 31.1 Å². The lowest BCUT2D eigenvalue weighted by molar-refractivity contribution is 0.0582. The highest BCUT2D eigenvalue weighted by Crippen LogP contribution is 2.11. The van der Waals surface area contributed by atoms with E-state index in [0.29, 0.717) is 26.1 Å². The summed E-state index contributed by atoms with van der Waals surface area (Å²) in [6.45, 7) is 7.85. The van der Waals surface area contributed by atoms with E-state index in [1.165, 1.54) is 7.11 Å². The van der Waals surface area contributed by atoms with E-state index in [0.717, 1.165) is 0 Å². The summed E-state index contributed by atoms with van der Waals surface area (Å²) in [6, 6.07) is 0.0201. The van der Waals surface area contributed by atoms with Crippen LogP contribution in [0.2, 0.25) is 0 Å². The molecule has 0 amide bonds. The Morgan fingerprint density at radius 1 is 1.05 bits per heavy atom. The van der Waals surface area contributed by atoms with Gasteiger partial charge >= 0.3 is 18.0 Å². The molecule has 1 aromatic heterocycles. The monoisotopic (exact) mass is 279 g/mol. The number of aromatic nitrogens is 3. The van der Waals surface area contributed by atoms with Gasteiger partial charge in [0.1, 0.15) is 0 Å². The minimum atomic E-state index is -0.686. The van der Waals surface area contributed by atoms with Gasteiger partial charge in [0.2, 0.25) is 5.82 Å². The molecule has 0 fully saturated rings. The molecule has 0 aliphatic rings. The molecule has 0 aromatic carbocycles. The van der Waals surface area contributed by atoms with E-state index < -0.39 is 5.97 Å². The van der Waals surface area contributed by atoms with Crippen molar-refractivity contribution in [2.24, 2.45) is 0 Å². The van der Waals surface area contributed by atoms with Gasteiger partial charge in [-0.2, -0.15) is 9.97 Å². The maximum atomic E-state index is 11.5. The SMILES string of the molecule is C=CCCOc1nc(OCCC=C)nc(C(=O)OC)n1. The molecule has 1 aromatic rings. The van der Waals surface area contributed by atoms with Crippen molar-refractivity contribution in [2.45, 2.75) is 12.8 Å². The van der Waals surface area contributed by atoms with Crippen LogP contribution in [0.1, 0.15) is 23.5 Å².